The smallest absolute Gasteiger partial charge is 0.226 e. The first kappa shape index (κ1) is 17.2. The van der Waals surface area contributed by atoms with Crippen LogP contribution in [0, 0.1) is 0 Å². The summed E-state index contributed by atoms with van der Waals surface area (Å²) in [5, 5.41) is 6.59. The van der Waals surface area contributed by atoms with Crippen molar-refractivity contribution in [2.45, 2.75) is 26.5 Å². The molecule has 132 valence electrons. The highest BCUT2D eigenvalue weighted by atomic mass is 16.5. The number of hydrogen-bond acceptors (Lipinski definition) is 6. The molecule has 25 heavy (non-hydrogen) atoms. The minimum atomic E-state index is 0.213. The quantitative estimate of drug-likeness (QED) is 0.614. The molecular formula is C18H24N6O. The van der Waals surface area contributed by atoms with E-state index in [2.05, 4.69) is 37.7 Å². The Morgan fingerprint density at radius 2 is 1.92 bits per heavy atom. The molecular weight excluding hydrogens is 316 g/mol. The number of benzene rings is 1. The van der Waals surface area contributed by atoms with Crippen LogP contribution in [0.3, 0.4) is 0 Å². The predicted octanol–water partition coefficient (Wildman–Crippen LogP) is 2.81. The highest BCUT2D eigenvalue weighted by molar-refractivity contribution is 5.84. The molecule has 0 saturated carbocycles. The maximum absolute atomic E-state index is 5.54. The number of anilines is 2. The number of nitrogens with one attached hydrogen (secondary N) is 2. The molecule has 0 aliphatic heterocycles. The van der Waals surface area contributed by atoms with Crippen molar-refractivity contribution in [2.24, 2.45) is 7.05 Å². The van der Waals surface area contributed by atoms with E-state index in [1.54, 1.807) is 6.33 Å². The standard InChI is InChI=1S/C18H24N6O/c1-13(2)25-10-9-19-18-22-16(15-17(23-18)24(3)12-21-15)20-11-14-7-5-4-6-8-14/h4-8,12-13H,9-11H2,1-3H3,(H2,19,20,22,23). The number of aryl methyl sites for hydroxylation is 1. The van der Waals surface area contributed by atoms with Crippen molar-refractivity contribution in [1.29, 1.82) is 0 Å². The van der Waals surface area contributed by atoms with Crippen LogP contribution in [0.15, 0.2) is 36.7 Å². The molecule has 2 heterocycles. The number of ether oxygens (including phenoxy) is 1. The first-order valence-corrected chi connectivity index (χ1v) is 8.46. The topological polar surface area (TPSA) is 76.9 Å². The lowest BCUT2D eigenvalue weighted by molar-refractivity contribution is 0.0870. The van der Waals surface area contributed by atoms with Crippen molar-refractivity contribution in [3.8, 4) is 0 Å². The van der Waals surface area contributed by atoms with Gasteiger partial charge < -0.3 is 19.9 Å². The fourth-order valence-electron chi connectivity index (χ4n) is 2.45. The molecule has 0 atom stereocenters. The van der Waals surface area contributed by atoms with E-state index in [0.717, 1.165) is 17.0 Å². The second kappa shape index (κ2) is 7.94. The van der Waals surface area contributed by atoms with Gasteiger partial charge >= 0.3 is 0 Å². The maximum atomic E-state index is 5.54. The SMILES string of the molecule is CC(C)OCCNc1nc(NCc2ccccc2)c2ncn(C)c2n1. The molecule has 3 rings (SSSR count). The zero-order valence-electron chi connectivity index (χ0n) is 14.9. The zero-order chi connectivity index (χ0) is 17.6. The number of nitrogens with zero attached hydrogens (tertiary/aromatic N) is 4. The number of rotatable bonds is 8. The molecule has 0 bridgehead atoms. The van der Waals surface area contributed by atoms with Gasteiger partial charge in [0.25, 0.3) is 0 Å². The molecule has 0 saturated heterocycles. The molecule has 3 aromatic rings. The van der Waals surface area contributed by atoms with E-state index in [0.29, 0.717) is 25.6 Å². The van der Waals surface area contributed by atoms with Crippen molar-refractivity contribution < 1.29 is 4.74 Å². The second-order valence-electron chi connectivity index (χ2n) is 6.11. The number of imidazole rings is 1. The summed E-state index contributed by atoms with van der Waals surface area (Å²) in [4.78, 5) is 13.5. The van der Waals surface area contributed by atoms with Gasteiger partial charge in [-0.3, -0.25) is 0 Å². The first-order chi connectivity index (χ1) is 12.1. The van der Waals surface area contributed by atoms with Gasteiger partial charge in [0, 0.05) is 20.1 Å². The van der Waals surface area contributed by atoms with Gasteiger partial charge in [0.05, 0.1) is 19.0 Å². The maximum Gasteiger partial charge on any atom is 0.226 e. The van der Waals surface area contributed by atoms with Gasteiger partial charge in [-0.15, -0.1) is 0 Å². The summed E-state index contributed by atoms with van der Waals surface area (Å²) in [6.45, 7) is 5.98. The van der Waals surface area contributed by atoms with Crippen molar-refractivity contribution in [3.63, 3.8) is 0 Å². The van der Waals surface area contributed by atoms with Crippen molar-refractivity contribution in [3.05, 3.63) is 42.2 Å². The van der Waals surface area contributed by atoms with Gasteiger partial charge in [-0.25, -0.2) is 4.98 Å². The molecule has 7 nitrogen and oxygen atoms in total. The Balaban J connectivity index is 1.76. The van der Waals surface area contributed by atoms with Gasteiger partial charge in [0.2, 0.25) is 5.95 Å². The molecule has 2 aromatic heterocycles. The predicted molar refractivity (Wildman–Crippen MR) is 99.7 cm³/mol. The summed E-state index contributed by atoms with van der Waals surface area (Å²) in [6.07, 6.45) is 1.96. The minimum Gasteiger partial charge on any atom is -0.377 e. The number of fused-ring (bicyclic) bond motifs is 1. The Kier molecular flexibility index (Phi) is 5.45. The van der Waals surface area contributed by atoms with E-state index in [4.69, 9.17) is 4.74 Å². The van der Waals surface area contributed by atoms with Crippen LogP contribution >= 0.6 is 0 Å². The van der Waals surface area contributed by atoms with Crippen LogP contribution in [0.25, 0.3) is 11.2 Å². The summed E-state index contributed by atoms with van der Waals surface area (Å²) in [6, 6.07) is 10.2. The molecule has 2 N–H and O–H groups in total. The number of hydrogen-bond donors (Lipinski definition) is 2. The van der Waals surface area contributed by atoms with Crippen LogP contribution in [-0.4, -0.2) is 38.8 Å². The van der Waals surface area contributed by atoms with Gasteiger partial charge in [0.1, 0.15) is 0 Å². The lowest BCUT2D eigenvalue weighted by Crippen LogP contribution is -2.15. The second-order valence-corrected chi connectivity index (χ2v) is 6.11. The highest BCUT2D eigenvalue weighted by Crippen LogP contribution is 2.20. The van der Waals surface area contributed by atoms with E-state index in [9.17, 15) is 0 Å². The van der Waals surface area contributed by atoms with E-state index >= 15 is 0 Å². The Labute approximate surface area is 147 Å². The van der Waals surface area contributed by atoms with E-state index in [-0.39, 0.29) is 6.10 Å². The molecule has 0 amide bonds. The van der Waals surface area contributed by atoms with E-state index in [1.807, 2.05) is 43.7 Å². The largest absolute Gasteiger partial charge is 0.377 e. The van der Waals surface area contributed by atoms with Gasteiger partial charge in [0.15, 0.2) is 17.0 Å². The molecule has 7 heteroatoms. The van der Waals surface area contributed by atoms with Crippen molar-refractivity contribution in [2.75, 3.05) is 23.8 Å². The molecule has 0 fully saturated rings. The fraction of sp³-hybridized carbons (Fsp3) is 0.389. The Morgan fingerprint density at radius 1 is 1.12 bits per heavy atom. The molecule has 0 spiro atoms. The third-order valence-electron chi connectivity index (χ3n) is 3.70. The molecule has 0 aliphatic rings. The summed E-state index contributed by atoms with van der Waals surface area (Å²) < 4.78 is 7.43. The van der Waals surface area contributed by atoms with Crippen LogP contribution in [0.5, 0.6) is 0 Å². The van der Waals surface area contributed by atoms with E-state index in [1.165, 1.54) is 5.56 Å². The average molecular weight is 340 g/mol. The Hall–Kier alpha value is -2.67. The number of aromatic nitrogens is 4. The van der Waals surface area contributed by atoms with Crippen LogP contribution in [0.2, 0.25) is 0 Å². The molecule has 0 unspecified atom stereocenters. The molecule has 0 radical (unpaired) electrons. The average Bonchev–Trinajstić information content (AvgIpc) is 2.99. The van der Waals surface area contributed by atoms with Crippen LogP contribution in [-0.2, 0) is 18.3 Å². The Morgan fingerprint density at radius 3 is 2.68 bits per heavy atom. The van der Waals surface area contributed by atoms with Gasteiger partial charge in [-0.05, 0) is 19.4 Å². The zero-order valence-corrected chi connectivity index (χ0v) is 14.9. The van der Waals surface area contributed by atoms with Crippen LogP contribution < -0.4 is 10.6 Å². The summed E-state index contributed by atoms with van der Waals surface area (Å²) in [5.41, 5.74) is 2.74. The highest BCUT2D eigenvalue weighted by Gasteiger charge is 2.12. The van der Waals surface area contributed by atoms with Crippen LogP contribution in [0.1, 0.15) is 19.4 Å². The summed E-state index contributed by atoms with van der Waals surface area (Å²) in [7, 11) is 1.93. The van der Waals surface area contributed by atoms with Gasteiger partial charge in [-0.2, -0.15) is 9.97 Å². The third-order valence-corrected chi connectivity index (χ3v) is 3.70. The first-order valence-electron chi connectivity index (χ1n) is 8.46. The Bertz CT molecular complexity index is 815. The summed E-state index contributed by atoms with van der Waals surface area (Å²) in [5.74, 6) is 1.29. The van der Waals surface area contributed by atoms with Crippen molar-refractivity contribution in [1.82, 2.24) is 19.5 Å². The monoisotopic (exact) mass is 340 g/mol. The molecule has 1 aromatic carbocycles. The van der Waals surface area contributed by atoms with Crippen molar-refractivity contribution >= 4 is 22.9 Å². The van der Waals surface area contributed by atoms with Crippen LogP contribution in [0.4, 0.5) is 11.8 Å². The molecule has 0 aliphatic carbocycles. The lowest BCUT2D eigenvalue weighted by atomic mass is 10.2. The third kappa shape index (κ3) is 4.45. The normalized spacial score (nSPS) is 11.2. The van der Waals surface area contributed by atoms with E-state index < -0.39 is 0 Å². The minimum absolute atomic E-state index is 0.213. The lowest BCUT2D eigenvalue weighted by Gasteiger charge is -2.11. The van der Waals surface area contributed by atoms with Gasteiger partial charge in [-0.1, -0.05) is 30.3 Å². The fourth-order valence-corrected chi connectivity index (χ4v) is 2.45. The summed E-state index contributed by atoms with van der Waals surface area (Å²) >= 11 is 0.